The lowest BCUT2D eigenvalue weighted by atomic mass is 9.76. The van der Waals surface area contributed by atoms with Crippen LogP contribution in [0, 0.1) is 5.92 Å². The number of carbonyl (C=O) groups is 1. The molecule has 1 amide bonds. The SMILES string of the molecule is NC(=O)c1ccccc1C1C(N)C2CCN1CC2. The predicted octanol–water partition coefficient (Wildman–Crippen LogP) is 0.880. The second-order valence-electron chi connectivity index (χ2n) is 5.35. The Kier molecular flexibility index (Phi) is 2.84. The molecule has 2 unspecified atom stereocenters. The van der Waals surface area contributed by atoms with Crippen LogP contribution in [0.5, 0.6) is 0 Å². The summed E-state index contributed by atoms with van der Waals surface area (Å²) in [6.07, 6.45) is 2.35. The fourth-order valence-corrected chi connectivity index (χ4v) is 3.47. The molecule has 3 fully saturated rings. The fourth-order valence-electron chi connectivity index (χ4n) is 3.47. The Labute approximate surface area is 107 Å². The minimum atomic E-state index is -0.361. The Morgan fingerprint density at radius 2 is 1.89 bits per heavy atom. The Balaban J connectivity index is 2.02. The molecule has 0 spiro atoms. The van der Waals surface area contributed by atoms with Crippen molar-refractivity contribution in [2.45, 2.75) is 24.9 Å². The van der Waals surface area contributed by atoms with Gasteiger partial charge in [0.05, 0.1) is 6.04 Å². The third-order valence-corrected chi connectivity index (χ3v) is 4.42. The first kappa shape index (κ1) is 11.7. The van der Waals surface area contributed by atoms with E-state index in [9.17, 15) is 4.79 Å². The van der Waals surface area contributed by atoms with Gasteiger partial charge >= 0.3 is 0 Å². The molecule has 0 aliphatic carbocycles. The Bertz CT molecular complexity index is 464. The zero-order chi connectivity index (χ0) is 12.7. The molecule has 3 aliphatic rings. The van der Waals surface area contributed by atoms with E-state index in [0.717, 1.165) is 18.7 Å². The summed E-state index contributed by atoms with van der Waals surface area (Å²) in [5.74, 6) is 0.223. The van der Waals surface area contributed by atoms with Gasteiger partial charge in [-0.15, -0.1) is 0 Å². The lowest BCUT2D eigenvalue weighted by molar-refractivity contribution is 0.0271. The van der Waals surface area contributed by atoms with Crippen LogP contribution in [0.4, 0.5) is 0 Å². The van der Waals surface area contributed by atoms with E-state index in [1.54, 1.807) is 6.07 Å². The molecule has 4 heteroatoms. The topological polar surface area (TPSA) is 72.3 Å². The van der Waals surface area contributed by atoms with Gasteiger partial charge in [0.1, 0.15) is 0 Å². The summed E-state index contributed by atoms with van der Waals surface area (Å²) in [7, 11) is 0. The van der Waals surface area contributed by atoms with Gasteiger partial charge in [-0.05, 0) is 43.5 Å². The van der Waals surface area contributed by atoms with Crippen molar-refractivity contribution in [1.82, 2.24) is 4.90 Å². The quantitative estimate of drug-likeness (QED) is 0.812. The number of fused-ring (bicyclic) bond motifs is 3. The molecule has 3 heterocycles. The molecule has 96 valence electrons. The van der Waals surface area contributed by atoms with Crippen molar-refractivity contribution in [1.29, 1.82) is 0 Å². The zero-order valence-corrected chi connectivity index (χ0v) is 10.4. The monoisotopic (exact) mass is 245 g/mol. The van der Waals surface area contributed by atoms with Gasteiger partial charge in [0.15, 0.2) is 0 Å². The Morgan fingerprint density at radius 1 is 1.22 bits per heavy atom. The van der Waals surface area contributed by atoms with Gasteiger partial charge in [0, 0.05) is 11.6 Å². The highest BCUT2D eigenvalue weighted by atomic mass is 16.1. The fraction of sp³-hybridized carbons (Fsp3) is 0.500. The maximum Gasteiger partial charge on any atom is 0.249 e. The standard InChI is InChI=1S/C14H19N3O/c15-12-9-5-7-17(8-6-9)13(12)10-3-1-2-4-11(10)14(16)18/h1-4,9,12-13H,5-8,15H2,(H2,16,18). The lowest BCUT2D eigenvalue weighted by Crippen LogP contribution is -2.56. The third kappa shape index (κ3) is 1.72. The average molecular weight is 245 g/mol. The molecule has 4 nitrogen and oxygen atoms in total. The molecule has 3 saturated heterocycles. The van der Waals surface area contributed by atoms with Crippen LogP contribution in [-0.4, -0.2) is 29.9 Å². The van der Waals surface area contributed by atoms with E-state index >= 15 is 0 Å². The first-order chi connectivity index (χ1) is 8.68. The molecule has 18 heavy (non-hydrogen) atoms. The minimum absolute atomic E-state index is 0.119. The number of hydrogen-bond donors (Lipinski definition) is 2. The highest BCUT2D eigenvalue weighted by molar-refractivity contribution is 5.94. The summed E-state index contributed by atoms with van der Waals surface area (Å²) in [6.45, 7) is 2.16. The summed E-state index contributed by atoms with van der Waals surface area (Å²) in [6, 6.07) is 7.87. The number of hydrogen-bond acceptors (Lipinski definition) is 3. The number of piperidine rings is 3. The minimum Gasteiger partial charge on any atom is -0.366 e. The van der Waals surface area contributed by atoms with Crippen LogP contribution in [0.1, 0.15) is 34.8 Å². The molecule has 2 bridgehead atoms. The maximum absolute atomic E-state index is 11.5. The first-order valence-corrected chi connectivity index (χ1v) is 6.57. The van der Waals surface area contributed by atoms with Crippen molar-refractivity contribution in [2.75, 3.05) is 13.1 Å². The normalized spacial score (nSPS) is 34.5. The van der Waals surface area contributed by atoms with E-state index in [1.165, 1.54) is 12.8 Å². The number of benzene rings is 1. The number of nitrogens with two attached hydrogens (primary N) is 2. The lowest BCUT2D eigenvalue weighted by Gasteiger charge is -2.50. The summed E-state index contributed by atoms with van der Waals surface area (Å²) in [5.41, 5.74) is 13.5. The molecule has 4 rings (SSSR count). The highest BCUT2D eigenvalue weighted by Gasteiger charge is 2.41. The highest BCUT2D eigenvalue weighted by Crippen LogP contribution is 2.40. The molecule has 1 aromatic carbocycles. The summed E-state index contributed by atoms with van der Waals surface area (Å²) >= 11 is 0. The number of carbonyl (C=O) groups excluding carboxylic acids is 1. The Hall–Kier alpha value is -1.39. The molecule has 3 aliphatic heterocycles. The van der Waals surface area contributed by atoms with Crippen molar-refractivity contribution in [3.63, 3.8) is 0 Å². The van der Waals surface area contributed by atoms with Gasteiger partial charge in [0.2, 0.25) is 5.91 Å². The Morgan fingerprint density at radius 3 is 2.50 bits per heavy atom. The second kappa shape index (κ2) is 4.37. The number of nitrogens with zero attached hydrogens (tertiary/aromatic N) is 1. The van der Waals surface area contributed by atoms with E-state index in [4.69, 9.17) is 11.5 Å². The third-order valence-electron chi connectivity index (χ3n) is 4.42. The molecule has 2 atom stereocenters. The first-order valence-electron chi connectivity index (χ1n) is 6.57. The molecule has 4 N–H and O–H groups in total. The van der Waals surface area contributed by atoms with Crippen LogP contribution >= 0.6 is 0 Å². The van der Waals surface area contributed by atoms with Crippen molar-refractivity contribution >= 4 is 5.91 Å². The van der Waals surface area contributed by atoms with Crippen LogP contribution in [0.15, 0.2) is 24.3 Å². The van der Waals surface area contributed by atoms with Crippen molar-refractivity contribution in [2.24, 2.45) is 17.4 Å². The average Bonchev–Trinajstić information content (AvgIpc) is 2.40. The van der Waals surface area contributed by atoms with E-state index in [0.29, 0.717) is 11.5 Å². The van der Waals surface area contributed by atoms with Gasteiger partial charge in [-0.1, -0.05) is 18.2 Å². The van der Waals surface area contributed by atoms with Crippen LogP contribution < -0.4 is 11.5 Å². The van der Waals surface area contributed by atoms with Gasteiger partial charge in [-0.2, -0.15) is 0 Å². The molecule has 1 aromatic rings. The molecular weight excluding hydrogens is 226 g/mol. The number of amides is 1. The molecular formula is C14H19N3O. The molecule has 0 aromatic heterocycles. The summed E-state index contributed by atoms with van der Waals surface area (Å²) < 4.78 is 0. The van der Waals surface area contributed by atoms with Crippen molar-refractivity contribution in [3.8, 4) is 0 Å². The van der Waals surface area contributed by atoms with E-state index in [1.807, 2.05) is 18.2 Å². The maximum atomic E-state index is 11.5. The predicted molar refractivity (Wildman–Crippen MR) is 70.0 cm³/mol. The van der Waals surface area contributed by atoms with E-state index < -0.39 is 0 Å². The summed E-state index contributed by atoms with van der Waals surface area (Å²) in [5, 5.41) is 0. The number of rotatable bonds is 2. The smallest absolute Gasteiger partial charge is 0.249 e. The van der Waals surface area contributed by atoms with Gasteiger partial charge in [-0.25, -0.2) is 0 Å². The van der Waals surface area contributed by atoms with Crippen LogP contribution in [0.25, 0.3) is 0 Å². The number of primary amides is 1. The summed E-state index contributed by atoms with van der Waals surface area (Å²) in [4.78, 5) is 13.9. The van der Waals surface area contributed by atoms with E-state index in [-0.39, 0.29) is 18.0 Å². The molecule has 0 radical (unpaired) electrons. The van der Waals surface area contributed by atoms with Gasteiger partial charge < -0.3 is 11.5 Å². The van der Waals surface area contributed by atoms with Crippen molar-refractivity contribution < 1.29 is 4.79 Å². The van der Waals surface area contributed by atoms with Crippen LogP contribution in [-0.2, 0) is 0 Å². The largest absolute Gasteiger partial charge is 0.366 e. The zero-order valence-electron chi connectivity index (χ0n) is 10.4. The van der Waals surface area contributed by atoms with E-state index in [2.05, 4.69) is 4.90 Å². The second-order valence-corrected chi connectivity index (χ2v) is 5.35. The van der Waals surface area contributed by atoms with Crippen molar-refractivity contribution in [3.05, 3.63) is 35.4 Å². The van der Waals surface area contributed by atoms with Gasteiger partial charge in [-0.3, -0.25) is 9.69 Å². The molecule has 0 saturated carbocycles. The van der Waals surface area contributed by atoms with Gasteiger partial charge in [0.25, 0.3) is 0 Å². The van der Waals surface area contributed by atoms with Crippen LogP contribution in [0.2, 0.25) is 0 Å². The van der Waals surface area contributed by atoms with Crippen LogP contribution in [0.3, 0.4) is 0 Å².